The second-order valence-corrected chi connectivity index (χ2v) is 5.73. The number of benzene rings is 1. The van der Waals surface area contributed by atoms with Crippen LogP contribution < -0.4 is 10.9 Å². The maximum absolute atomic E-state index is 13.5. The number of nitrogens with zero attached hydrogens (tertiary/aromatic N) is 1. The summed E-state index contributed by atoms with van der Waals surface area (Å²) in [6.07, 6.45) is -5.93. The summed E-state index contributed by atoms with van der Waals surface area (Å²) in [6, 6.07) is 2.45. The number of carbonyl (C=O) groups excluding carboxylic acids is 2. The summed E-state index contributed by atoms with van der Waals surface area (Å²) in [5.74, 6) is -7.34. The summed E-state index contributed by atoms with van der Waals surface area (Å²) in [5, 5.41) is 1.87. The van der Waals surface area contributed by atoms with Gasteiger partial charge in [0, 0.05) is 12.3 Å². The average molecular weight is 422 g/mol. The standard InChI is InChI=1S/C17H12F6N2O4/c1-8(16(28)24-11-4-3-10(18)14(19)15(11)20)29-13(27)7-25-6-9(17(21,22)23)2-5-12(25)26/h2-6,8H,7H2,1H3,(H,24,28). The Bertz CT molecular complexity index is 1000. The number of pyridine rings is 1. The van der Waals surface area contributed by atoms with Crippen molar-refractivity contribution in [2.24, 2.45) is 0 Å². The molecule has 1 unspecified atom stereocenters. The maximum atomic E-state index is 13.5. The van der Waals surface area contributed by atoms with Crippen LogP contribution in [-0.4, -0.2) is 22.5 Å². The van der Waals surface area contributed by atoms with Gasteiger partial charge in [-0.05, 0) is 25.1 Å². The second kappa shape index (κ2) is 8.37. The Morgan fingerprint density at radius 3 is 2.38 bits per heavy atom. The number of ether oxygens (including phenoxy) is 1. The van der Waals surface area contributed by atoms with E-state index in [1.165, 1.54) is 0 Å². The van der Waals surface area contributed by atoms with E-state index in [0.29, 0.717) is 29.0 Å². The van der Waals surface area contributed by atoms with E-state index in [1.54, 1.807) is 0 Å². The van der Waals surface area contributed by atoms with Crippen LogP contribution in [0.2, 0.25) is 0 Å². The van der Waals surface area contributed by atoms with Crippen LogP contribution in [0.25, 0.3) is 0 Å². The van der Waals surface area contributed by atoms with Gasteiger partial charge in [-0.15, -0.1) is 0 Å². The number of anilines is 1. The lowest BCUT2D eigenvalue weighted by Crippen LogP contribution is -2.33. The molecule has 29 heavy (non-hydrogen) atoms. The van der Waals surface area contributed by atoms with Crippen molar-refractivity contribution in [2.45, 2.75) is 25.7 Å². The Hall–Kier alpha value is -3.31. The molecular weight excluding hydrogens is 410 g/mol. The molecule has 6 nitrogen and oxygen atoms in total. The van der Waals surface area contributed by atoms with Gasteiger partial charge in [0.15, 0.2) is 23.6 Å². The number of hydrogen-bond donors (Lipinski definition) is 1. The SMILES string of the molecule is CC(OC(=O)Cn1cc(C(F)(F)F)ccc1=O)C(=O)Nc1ccc(F)c(F)c1F. The van der Waals surface area contributed by atoms with Gasteiger partial charge in [-0.1, -0.05) is 0 Å². The van der Waals surface area contributed by atoms with E-state index in [4.69, 9.17) is 0 Å². The summed E-state index contributed by atoms with van der Waals surface area (Å²) >= 11 is 0. The molecule has 0 aliphatic heterocycles. The van der Waals surface area contributed by atoms with Crippen molar-refractivity contribution < 1.29 is 40.7 Å². The van der Waals surface area contributed by atoms with E-state index in [1.807, 2.05) is 5.32 Å². The van der Waals surface area contributed by atoms with E-state index in [0.717, 1.165) is 13.0 Å². The molecule has 1 heterocycles. The maximum Gasteiger partial charge on any atom is 0.417 e. The average Bonchev–Trinajstić information content (AvgIpc) is 2.62. The third-order valence-corrected chi connectivity index (χ3v) is 3.58. The number of carbonyl (C=O) groups is 2. The predicted molar refractivity (Wildman–Crippen MR) is 86.2 cm³/mol. The topological polar surface area (TPSA) is 77.4 Å². The predicted octanol–water partition coefficient (Wildman–Crippen LogP) is 2.85. The van der Waals surface area contributed by atoms with Gasteiger partial charge in [0.25, 0.3) is 11.5 Å². The number of halogens is 6. The highest BCUT2D eigenvalue weighted by atomic mass is 19.4. The zero-order valence-electron chi connectivity index (χ0n) is 14.5. The van der Waals surface area contributed by atoms with Crippen molar-refractivity contribution in [3.05, 3.63) is 63.8 Å². The molecule has 2 rings (SSSR count). The normalized spacial score (nSPS) is 12.4. The molecule has 0 radical (unpaired) electrons. The quantitative estimate of drug-likeness (QED) is 0.457. The molecule has 2 aromatic rings. The van der Waals surface area contributed by atoms with Crippen LogP contribution in [-0.2, 0) is 27.0 Å². The van der Waals surface area contributed by atoms with Gasteiger partial charge in [0.2, 0.25) is 0 Å². The molecule has 0 spiro atoms. The summed E-state index contributed by atoms with van der Waals surface area (Å²) in [6.45, 7) is 0.111. The van der Waals surface area contributed by atoms with Crippen molar-refractivity contribution in [1.82, 2.24) is 4.57 Å². The fourth-order valence-electron chi connectivity index (χ4n) is 2.11. The summed E-state index contributed by atoms with van der Waals surface area (Å²) < 4.78 is 82.7. The van der Waals surface area contributed by atoms with Crippen LogP contribution >= 0.6 is 0 Å². The molecule has 0 saturated carbocycles. The lowest BCUT2D eigenvalue weighted by molar-refractivity contribution is -0.154. The van der Waals surface area contributed by atoms with E-state index in [-0.39, 0.29) is 0 Å². The zero-order chi connectivity index (χ0) is 21.9. The highest BCUT2D eigenvalue weighted by Crippen LogP contribution is 2.28. The first-order valence-electron chi connectivity index (χ1n) is 7.81. The highest BCUT2D eigenvalue weighted by molar-refractivity contribution is 5.95. The number of esters is 1. The van der Waals surface area contributed by atoms with E-state index in [2.05, 4.69) is 4.74 Å². The van der Waals surface area contributed by atoms with Gasteiger partial charge >= 0.3 is 12.1 Å². The minimum absolute atomic E-state index is 0.408. The van der Waals surface area contributed by atoms with Crippen LogP contribution in [0.5, 0.6) is 0 Å². The molecule has 0 bridgehead atoms. The molecule has 0 aliphatic carbocycles. The fraction of sp³-hybridized carbons (Fsp3) is 0.235. The van der Waals surface area contributed by atoms with Gasteiger partial charge in [-0.3, -0.25) is 14.4 Å². The van der Waals surface area contributed by atoms with E-state index < -0.39 is 65.0 Å². The molecule has 156 valence electrons. The minimum Gasteiger partial charge on any atom is -0.451 e. The van der Waals surface area contributed by atoms with Gasteiger partial charge in [-0.25, -0.2) is 13.2 Å². The van der Waals surface area contributed by atoms with Crippen molar-refractivity contribution in [3.8, 4) is 0 Å². The second-order valence-electron chi connectivity index (χ2n) is 5.73. The molecule has 1 aromatic carbocycles. The van der Waals surface area contributed by atoms with Crippen LogP contribution in [0.15, 0.2) is 35.3 Å². The Kier molecular flexibility index (Phi) is 6.34. The first kappa shape index (κ1) is 22.0. The van der Waals surface area contributed by atoms with Gasteiger partial charge in [-0.2, -0.15) is 13.2 Å². The first-order chi connectivity index (χ1) is 13.4. The number of nitrogens with one attached hydrogen (secondary N) is 1. The number of aromatic nitrogens is 1. The Morgan fingerprint density at radius 2 is 1.76 bits per heavy atom. The molecule has 0 saturated heterocycles. The van der Waals surface area contributed by atoms with E-state index in [9.17, 15) is 40.7 Å². The molecule has 0 aliphatic rings. The van der Waals surface area contributed by atoms with Gasteiger partial charge in [0.05, 0.1) is 11.3 Å². The Labute approximate surface area is 158 Å². The van der Waals surface area contributed by atoms with Crippen molar-refractivity contribution >= 4 is 17.6 Å². The number of amides is 1. The molecule has 1 aromatic heterocycles. The van der Waals surface area contributed by atoms with Crippen molar-refractivity contribution in [1.29, 1.82) is 0 Å². The van der Waals surface area contributed by atoms with Crippen LogP contribution in [0, 0.1) is 17.5 Å². The monoisotopic (exact) mass is 422 g/mol. The number of hydrogen-bond acceptors (Lipinski definition) is 4. The Balaban J connectivity index is 2.05. The molecular formula is C17H12F6N2O4. The van der Waals surface area contributed by atoms with Crippen LogP contribution in [0.3, 0.4) is 0 Å². The smallest absolute Gasteiger partial charge is 0.417 e. The summed E-state index contributed by atoms with van der Waals surface area (Å²) in [5.41, 5.74) is -2.81. The molecule has 12 heteroatoms. The molecule has 1 amide bonds. The number of rotatable bonds is 5. The van der Waals surface area contributed by atoms with Crippen LogP contribution in [0.4, 0.5) is 32.0 Å². The number of alkyl halides is 3. The third kappa shape index (κ3) is 5.36. The van der Waals surface area contributed by atoms with Crippen LogP contribution in [0.1, 0.15) is 12.5 Å². The minimum atomic E-state index is -4.75. The Morgan fingerprint density at radius 1 is 1.10 bits per heavy atom. The fourth-order valence-corrected chi connectivity index (χ4v) is 2.11. The lowest BCUT2D eigenvalue weighted by atomic mass is 10.2. The lowest BCUT2D eigenvalue weighted by Gasteiger charge is -2.15. The zero-order valence-corrected chi connectivity index (χ0v) is 14.5. The van der Waals surface area contributed by atoms with E-state index >= 15 is 0 Å². The molecule has 0 fully saturated rings. The van der Waals surface area contributed by atoms with Gasteiger partial charge < -0.3 is 14.6 Å². The summed E-state index contributed by atoms with van der Waals surface area (Å²) in [7, 11) is 0. The largest absolute Gasteiger partial charge is 0.451 e. The van der Waals surface area contributed by atoms with Crippen molar-refractivity contribution in [2.75, 3.05) is 5.32 Å². The highest BCUT2D eigenvalue weighted by Gasteiger charge is 2.31. The third-order valence-electron chi connectivity index (χ3n) is 3.58. The molecule has 1 atom stereocenters. The van der Waals surface area contributed by atoms with Gasteiger partial charge in [0.1, 0.15) is 6.54 Å². The summed E-state index contributed by atoms with van der Waals surface area (Å²) in [4.78, 5) is 35.3. The molecule has 1 N–H and O–H groups in total. The first-order valence-corrected chi connectivity index (χ1v) is 7.81. The van der Waals surface area contributed by atoms with Crippen molar-refractivity contribution in [3.63, 3.8) is 0 Å².